The van der Waals surface area contributed by atoms with Crippen molar-refractivity contribution in [2.75, 3.05) is 78.5 Å². The molecule has 0 fully saturated rings. The maximum Gasteiger partial charge on any atom is 0.317 e. The Kier molecular flexibility index (Phi) is 22.9. The Bertz CT molecular complexity index is 1000. The Morgan fingerprint density at radius 2 is 0.458 bits per heavy atom. The molecule has 1 aliphatic carbocycles. The number of nitrogens with zero attached hydrogens (tertiary/aromatic N) is 4. The fourth-order valence-corrected chi connectivity index (χ4v) is 3.39. The molecule has 0 aliphatic heterocycles. The van der Waals surface area contributed by atoms with Crippen LogP contribution in [0.2, 0.25) is 0 Å². The summed E-state index contributed by atoms with van der Waals surface area (Å²) in [4.78, 5) is 109. The largest absolute Gasteiger partial charge is 0.480 e. The molecule has 0 aromatic rings. The molecule has 1 aliphatic rings. The second-order valence-corrected chi connectivity index (χ2v) is 9.46. The minimum Gasteiger partial charge on any atom is -0.480 e. The lowest BCUT2D eigenvalue weighted by molar-refractivity contribution is -0.145. The van der Waals surface area contributed by atoms with Gasteiger partial charge in [-0.15, -0.1) is 0 Å². The van der Waals surface area contributed by atoms with E-state index in [0.717, 1.165) is 19.6 Å². The van der Waals surface area contributed by atoms with Gasteiger partial charge in [0.15, 0.2) is 11.6 Å². The number of carbonyl (C=O) groups is 10. The van der Waals surface area contributed by atoms with Crippen LogP contribution >= 0.6 is 0 Å². The molecular formula is C26H36N4O18. The highest BCUT2D eigenvalue weighted by Crippen LogP contribution is 1.96. The van der Waals surface area contributed by atoms with Gasteiger partial charge in [-0.05, 0) is 24.3 Å². The molecule has 48 heavy (non-hydrogen) atoms. The van der Waals surface area contributed by atoms with Crippen molar-refractivity contribution >= 4 is 59.3 Å². The zero-order valence-electron chi connectivity index (χ0n) is 25.2. The lowest BCUT2D eigenvalue weighted by Gasteiger charge is -2.23. The van der Waals surface area contributed by atoms with Gasteiger partial charge in [0, 0.05) is 26.2 Å². The first-order valence-corrected chi connectivity index (χ1v) is 13.3. The Balaban J connectivity index is 0. The average Bonchev–Trinajstić information content (AvgIpc) is 2.90. The first-order valence-electron chi connectivity index (χ1n) is 13.3. The normalized spacial score (nSPS) is 11.8. The molecule has 0 spiro atoms. The minimum atomic E-state index is -1.23. The zero-order valence-corrected chi connectivity index (χ0v) is 25.2. The molecule has 22 heteroatoms. The summed E-state index contributed by atoms with van der Waals surface area (Å²) in [5.41, 5.74) is 0. The number of rotatable bonds is 22. The number of carboxylic acids is 8. The monoisotopic (exact) mass is 692 g/mol. The van der Waals surface area contributed by atoms with E-state index < -0.39 is 100 Å². The van der Waals surface area contributed by atoms with E-state index in [-0.39, 0.29) is 37.7 Å². The highest BCUT2D eigenvalue weighted by molar-refractivity contribution is 6.14. The molecule has 0 heterocycles. The van der Waals surface area contributed by atoms with Crippen LogP contribution in [0.1, 0.15) is 0 Å². The highest BCUT2D eigenvalue weighted by atomic mass is 16.4. The number of hydrogen-bond acceptors (Lipinski definition) is 14. The van der Waals surface area contributed by atoms with Gasteiger partial charge in [-0.2, -0.15) is 0 Å². The van der Waals surface area contributed by atoms with E-state index >= 15 is 0 Å². The first-order chi connectivity index (χ1) is 22.2. The number of aliphatic carboxylic acids is 8. The molecule has 0 aromatic carbocycles. The Morgan fingerprint density at radius 1 is 0.333 bits per heavy atom. The number of carboxylic acid groups (broad SMARTS) is 8. The third kappa shape index (κ3) is 29.1. The zero-order chi connectivity index (χ0) is 37.4. The van der Waals surface area contributed by atoms with E-state index in [1.165, 1.54) is 24.3 Å². The van der Waals surface area contributed by atoms with Crippen LogP contribution in [0.4, 0.5) is 0 Å². The summed E-state index contributed by atoms with van der Waals surface area (Å²) < 4.78 is 0. The lowest BCUT2D eigenvalue weighted by Crippen LogP contribution is -2.43. The molecule has 0 aromatic heterocycles. The minimum absolute atomic E-state index is 0.0703. The summed E-state index contributed by atoms with van der Waals surface area (Å²) in [5, 5.41) is 68.9. The summed E-state index contributed by atoms with van der Waals surface area (Å²) in [6, 6.07) is 0. The van der Waals surface area contributed by atoms with Gasteiger partial charge in [0.2, 0.25) is 0 Å². The summed E-state index contributed by atoms with van der Waals surface area (Å²) in [6.07, 6.45) is 5.01. The molecule has 8 N–H and O–H groups in total. The standard InChI is InChI=1S/2C10H16N2O8.C6H4O2/c2*13-7(14)3-11(4-8(15)16)1-2-12(5-9(17)18)6-10(19)20;7-5-1-2-6(8)4-3-5/h2*1-6H2,(H,13,14)(H,15,16)(H,17,18)(H,19,20);1-4H. The van der Waals surface area contributed by atoms with Crippen molar-refractivity contribution in [2.24, 2.45) is 0 Å². The molecule has 268 valence electrons. The van der Waals surface area contributed by atoms with Crippen molar-refractivity contribution < 1.29 is 88.8 Å². The topological polar surface area (TPSA) is 346 Å². The van der Waals surface area contributed by atoms with Crippen LogP contribution in [-0.2, 0) is 47.9 Å². The lowest BCUT2D eigenvalue weighted by atomic mass is 10.2. The molecule has 1 rings (SSSR count). The maximum absolute atomic E-state index is 10.6. The predicted molar refractivity (Wildman–Crippen MR) is 155 cm³/mol. The average molecular weight is 693 g/mol. The van der Waals surface area contributed by atoms with Gasteiger partial charge in [-0.1, -0.05) is 0 Å². The molecule has 0 bridgehead atoms. The van der Waals surface area contributed by atoms with Crippen molar-refractivity contribution in [2.45, 2.75) is 0 Å². The molecule has 0 radical (unpaired) electrons. The van der Waals surface area contributed by atoms with Crippen molar-refractivity contribution in [3.05, 3.63) is 24.3 Å². The van der Waals surface area contributed by atoms with Crippen molar-refractivity contribution in [3.63, 3.8) is 0 Å². The number of hydrogen-bond donors (Lipinski definition) is 8. The van der Waals surface area contributed by atoms with E-state index in [1.54, 1.807) is 0 Å². The first kappa shape index (κ1) is 44.5. The van der Waals surface area contributed by atoms with Gasteiger partial charge in [-0.3, -0.25) is 67.5 Å². The Morgan fingerprint density at radius 3 is 0.562 bits per heavy atom. The second kappa shape index (κ2) is 24.6. The summed E-state index contributed by atoms with van der Waals surface area (Å²) >= 11 is 0. The second-order valence-electron chi connectivity index (χ2n) is 9.46. The fraction of sp³-hybridized carbons (Fsp3) is 0.462. The van der Waals surface area contributed by atoms with E-state index in [1.807, 2.05) is 0 Å². The maximum atomic E-state index is 10.6. The fourth-order valence-electron chi connectivity index (χ4n) is 3.39. The van der Waals surface area contributed by atoms with E-state index in [4.69, 9.17) is 40.9 Å². The van der Waals surface area contributed by atoms with Gasteiger partial charge >= 0.3 is 47.8 Å². The predicted octanol–water partition coefficient (Wildman–Crippen LogP) is -3.89. The highest BCUT2D eigenvalue weighted by Gasteiger charge is 2.19. The molecule has 0 amide bonds. The number of allylic oxidation sites excluding steroid dienone is 4. The van der Waals surface area contributed by atoms with Crippen LogP contribution in [-0.4, -0.2) is 198 Å². The van der Waals surface area contributed by atoms with Gasteiger partial charge in [0.25, 0.3) is 0 Å². The molecule has 22 nitrogen and oxygen atoms in total. The van der Waals surface area contributed by atoms with Gasteiger partial charge < -0.3 is 40.9 Å². The van der Waals surface area contributed by atoms with E-state index in [0.29, 0.717) is 0 Å². The summed E-state index contributed by atoms with van der Waals surface area (Å²) in [6.45, 7) is -4.50. The van der Waals surface area contributed by atoms with Crippen LogP contribution in [0.15, 0.2) is 24.3 Å². The number of carbonyl (C=O) groups excluding carboxylic acids is 2. The molecule has 0 atom stereocenters. The summed E-state index contributed by atoms with van der Waals surface area (Å²) in [5.74, 6) is -10.1. The number of ketones is 2. The third-order valence-corrected chi connectivity index (χ3v) is 5.16. The Labute approximate surface area is 270 Å². The van der Waals surface area contributed by atoms with E-state index in [2.05, 4.69) is 0 Å². The van der Waals surface area contributed by atoms with E-state index in [9.17, 15) is 47.9 Å². The van der Waals surface area contributed by atoms with Crippen LogP contribution in [0.25, 0.3) is 0 Å². The molecule has 0 saturated carbocycles. The van der Waals surface area contributed by atoms with Gasteiger partial charge in [0.05, 0.1) is 52.4 Å². The van der Waals surface area contributed by atoms with Crippen LogP contribution < -0.4 is 0 Å². The quantitative estimate of drug-likeness (QED) is 0.0503. The van der Waals surface area contributed by atoms with Crippen LogP contribution in [0.3, 0.4) is 0 Å². The summed E-state index contributed by atoms with van der Waals surface area (Å²) in [7, 11) is 0. The SMILES string of the molecule is O=C(O)CN(CCN(CC(=O)O)CC(=O)O)CC(=O)O.O=C(O)CN(CCN(CC(=O)O)CC(=O)O)CC(=O)O.O=C1C=CC(=O)C=C1. The smallest absolute Gasteiger partial charge is 0.317 e. The molecular weight excluding hydrogens is 656 g/mol. The van der Waals surface area contributed by atoms with Gasteiger partial charge in [0.1, 0.15) is 0 Å². The third-order valence-electron chi connectivity index (χ3n) is 5.16. The molecule has 0 unspecified atom stereocenters. The van der Waals surface area contributed by atoms with Crippen LogP contribution in [0, 0.1) is 0 Å². The Hall–Kier alpha value is -5.58. The molecule has 0 saturated heterocycles. The van der Waals surface area contributed by atoms with Crippen molar-refractivity contribution in [1.82, 2.24) is 19.6 Å². The van der Waals surface area contributed by atoms with Gasteiger partial charge in [-0.25, -0.2) is 0 Å². The van der Waals surface area contributed by atoms with Crippen LogP contribution in [0.5, 0.6) is 0 Å². The van der Waals surface area contributed by atoms with Crippen molar-refractivity contribution in [1.29, 1.82) is 0 Å². The van der Waals surface area contributed by atoms with Crippen molar-refractivity contribution in [3.8, 4) is 0 Å².